The molecule has 1 aromatic heterocycles. The van der Waals surface area contributed by atoms with Gasteiger partial charge < -0.3 is 10.1 Å². The molecule has 0 aliphatic rings. The Balaban J connectivity index is 1.77. The van der Waals surface area contributed by atoms with Gasteiger partial charge in [0.05, 0.1) is 23.4 Å². The van der Waals surface area contributed by atoms with Gasteiger partial charge in [-0.2, -0.15) is 0 Å². The number of rotatable bonds is 5. The zero-order valence-corrected chi connectivity index (χ0v) is 17.5. The molecule has 0 saturated carbocycles. The second-order valence-electron chi connectivity index (χ2n) is 6.90. The molecule has 0 aliphatic heterocycles. The van der Waals surface area contributed by atoms with E-state index in [0.29, 0.717) is 22.9 Å². The van der Waals surface area contributed by atoms with Crippen LogP contribution in [-0.2, 0) is 0 Å². The first-order chi connectivity index (χ1) is 14.6. The lowest BCUT2D eigenvalue weighted by Gasteiger charge is -2.15. The Hall–Kier alpha value is -3.37. The molecule has 4 aromatic rings. The van der Waals surface area contributed by atoms with E-state index in [-0.39, 0.29) is 5.91 Å². The van der Waals surface area contributed by atoms with Crippen molar-refractivity contribution in [2.45, 2.75) is 13.8 Å². The van der Waals surface area contributed by atoms with Gasteiger partial charge in [0.15, 0.2) is 0 Å². The Morgan fingerprint density at radius 2 is 1.70 bits per heavy atom. The van der Waals surface area contributed by atoms with Crippen LogP contribution < -0.4 is 10.1 Å². The number of aromatic nitrogens is 1. The van der Waals surface area contributed by atoms with Crippen LogP contribution in [0.1, 0.15) is 22.8 Å². The van der Waals surface area contributed by atoms with Gasteiger partial charge in [0.2, 0.25) is 0 Å². The number of carbonyl (C=O) groups is 1. The summed E-state index contributed by atoms with van der Waals surface area (Å²) in [4.78, 5) is 18.1. The molecule has 1 N–H and O–H groups in total. The van der Waals surface area contributed by atoms with E-state index in [9.17, 15) is 4.79 Å². The van der Waals surface area contributed by atoms with Gasteiger partial charge in [0, 0.05) is 21.7 Å². The fraction of sp³-hybridized carbons (Fsp3) is 0.120. The zero-order valence-electron chi connectivity index (χ0n) is 16.8. The average molecular weight is 417 g/mol. The summed E-state index contributed by atoms with van der Waals surface area (Å²) in [6.45, 7) is 4.46. The lowest BCUT2D eigenvalue weighted by molar-refractivity contribution is 0.102. The number of pyridine rings is 1. The lowest BCUT2D eigenvalue weighted by Crippen LogP contribution is -2.15. The van der Waals surface area contributed by atoms with Crippen molar-refractivity contribution in [2.75, 3.05) is 11.9 Å². The summed E-state index contributed by atoms with van der Waals surface area (Å²) in [7, 11) is 0. The summed E-state index contributed by atoms with van der Waals surface area (Å²) in [5.41, 5.74) is 4.58. The molecule has 0 unspecified atom stereocenters. The van der Waals surface area contributed by atoms with Crippen LogP contribution in [0.25, 0.3) is 22.2 Å². The normalized spacial score (nSPS) is 10.8. The number of nitrogens with one attached hydrogen (secondary N) is 1. The number of para-hydroxylation sites is 1. The number of ether oxygens (including phenoxy) is 1. The van der Waals surface area contributed by atoms with Crippen LogP contribution in [0.5, 0.6) is 5.75 Å². The summed E-state index contributed by atoms with van der Waals surface area (Å²) in [6.07, 6.45) is 0. The summed E-state index contributed by atoms with van der Waals surface area (Å²) in [5, 5.41) is 4.48. The maximum absolute atomic E-state index is 13.3. The molecular weight excluding hydrogens is 396 g/mol. The molecule has 0 aliphatic carbocycles. The SMILES string of the molecule is CCOc1ccc(NC(=O)c2c(C)c(-c3ccc(Cl)cc3)nc3ccccc23)cc1. The van der Waals surface area contributed by atoms with Gasteiger partial charge in [-0.3, -0.25) is 4.79 Å². The van der Waals surface area contributed by atoms with Gasteiger partial charge in [0.25, 0.3) is 5.91 Å². The van der Waals surface area contributed by atoms with Crippen molar-refractivity contribution in [1.82, 2.24) is 4.98 Å². The number of nitrogens with zero attached hydrogens (tertiary/aromatic N) is 1. The number of anilines is 1. The lowest BCUT2D eigenvalue weighted by atomic mass is 9.97. The van der Waals surface area contributed by atoms with Crippen molar-refractivity contribution in [1.29, 1.82) is 0 Å². The molecule has 150 valence electrons. The van der Waals surface area contributed by atoms with E-state index < -0.39 is 0 Å². The Kier molecular flexibility index (Phi) is 5.68. The maximum Gasteiger partial charge on any atom is 0.256 e. The average Bonchev–Trinajstić information content (AvgIpc) is 2.75. The maximum atomic E-state index is 13.3. The van der Waals surface area contributed by atoms with Gasteiger partial charge in [0.1, 0.15) is 5.75 Å². The molecule has 0 saturated heterocycles. The minimum atomic E-state index is -0.175. The first-order valence-electron chi connectivity index (χ1n) is 9.76. The van der Waals surface area contributed by atoms with Crippen molar-refractivity contribution < 1.29 is 9.53 Å². The van der Waals surface area contributed by atoms with E-state index in [1.54, 1.807) is 0 Å². The predicted molar refractivity (Wildman–Crippen MR) is 122 cm³/mol. The van der Waals surface area contributed by atoms with E-state index in [4.69, 9.17) is 21.3 Å². The van der Waals surface area contributed by atoms with Crippen molar-refractivity contribution in [3.63, 3.8) is 0 Å². The van der Waals surface area contributed by atoms with E-state index in [1.807, 2.05) is 86.6 Å². The molecule has 1 amide bonds. The molecule has 0 spiro atoms. The fourth-order valence-corrected chi connectivity index (χ4v) is 3.61. The Bertz CT molecular complexity index is 1200. The van der Waals surface area contributed by atoms with Gasteiger partial charge in [-0.05, 0) is 61.9 Å². The number of hydrogen-bond donors (Lipinski definition) is 1. The molecule has 0 fully saturated rings. The minimum absolute atomic E-state index is 0.175. The third kappa shape index (κ3) is 4.00. The topological polar surface area (TPSA) is 51.2 Å². The zero-order chi connectivity index (χ0) is 21.1. The monoisotopic (exact) mass is 416 g/mol. The van der Waals surface area contributed by atoms with Gasteiger partial charge in [-0.1, -0.05) is 41.9 Å². The Labute approximate surface area is 180 Å². The van der Waals surface area contributed by atoms with Crippen molar-refractivity contribution >= 4 is 34.1 Å². The van der Waals surface area contributed by atoms with Crippen LogP contribution in [-0.4, -0.2) is 17.5 Å². The molecular formula is C25H21ClN2O2. The number of halogens is 1. The molecule has 0 atom stereocenters. The van der Waals surface area contributed by atoms with Crippen molar-refractivity contribution in [2.24, 2.45) is 0 Å². The van der Waals surface area contributed by atoms with Crippen LogP contribution >= 0.6 is 11.6 Å². The Morgan fingerprint density at radius 1 is 1.00 bits per heavy atom. The van der Waals surface area contributed by atoms with Crippen LogP contribution in [0.3, 0.4) is 0 Å². The molecule has 3 aromatic carbocycles. The molecule has 0 bridgehead atoms. The van der Waals surface area contributed by atoms with Crippen molar-refractivity contribution in [3.8, 4) is 17.0 Å². The third-order valence-corrected chi connectivity index (χ3v) is 5.16. The molecule has 4 rings (SSSR count). The molecule has 5 heteroatoms. The number of benzene rings is 3. The van der Waals surface area contributed by atoms with E-state index in [1.165, 1.54) is 0 Å². The quantitative estimate of drug-likeness (QED) is 0.403. The van der Waals surface area contributed by atoms with Gasteiger partial charge in [-0.15, -0.1) is 0 Å². The van der Waals surface area contributed by atoms with Gasteiger partial charge in [-0.25, -0.2) is 4.98 Å². The molecule has 1 heterocycles. The summed E-state index contributed by atoms with van der Waals surface area (Å²) in [6, 6.07) is 22.5. The van der Waals surface area contributed by atoms with Crippen LogP contribution in [0.15, 0.2) is 72.8 Å². The van der Waals surface area contributed by atoms with E-state index in [0.717, 1.165) is 33.5 Å². The summed E-state index contributed by atoms with van der Waals surface area (Å²) < 4.78 is 5.47. The first kappa shape index (κ1) is 19.9. The second-order valence-corrected chi connectivity index (χ2v) is 7.33. The predicted octanol–water partition coefficient (Wildman–Crippen LogP) is 6.51. The number of fused-ring (bicyclic) bond motifs is 1. The largest absolute Gasteiger partial charge is 0.494 e. The number of hydrogen-bond acceptors (Lipinski definition) is 3. The van der Waals surface area contributed by atoms with E-state index >= 15 is 0 Å². The number of carbonyl (C=O) groups excluding carboxylic acids is 1. The summed E-state index contributed by atoms with van der Waals surface area (Å²) >= 11 is 6.04. The standard InChI is InChI=1S/C25H21ClN2O2/c1-3-30-20-14-12-19(13-15-20)27-25(29)23-16(2)24(17-8-10-18(26)11-9-17)28-22-7-5-4-6-21(22)23/h4-15H,3H2,1-2H3,(H,27,29). The van der Waals surface area contributed by atoms with Crippen LogP contribution in [0.4, 0.5) is 5.69 Å². The second kappa shape index (κ2) is 8.56. The molecule has 4 nitrogen and oxygen atoms in total. The highest BCUT2D eigenvalue weighted by Crippen LogP contribution is 2.31. The summed E-state index contributed by atoms with van der Waals surface area (Å²) in [5.74, 6) is 0.594. The minimum Gasteiger partial charge on any atom is -0.494 e. The highest BCUT2D eigenvalue weighted by molar-refractivity contribution is 6.30. The molecule has 0 radical (unpaired) electrons. The van der Waals surface area contributed by atoms with Crippen LogP contribution in [0, 0.1) is 6.92 Å². The van der Waals surface area contributed by atoms with Crippen LogP contribution in [0.2, 0.25) is 5.02 Å². The van der Waals surface area contributed by atoms with E-state index in [2.05, 4.69) is 5.32 Å². The van der Waals surface area contributed by atoms with Crippen molar-refractivity contribution in [3.05, 3.63) is 88.9 Å². The molecule has 30 heavy (non-hydrogen) atoms. The first-order valence-corrected chi connectivity index (χ1v) is 10.1. The highest BCUT2D eigenvalue weighted by Gasteiger charge is 2.19. The third-order valence-electron chi connectivity index (χ3n) is 4.90. The van der Waals surface area contributed by atoms with Gasteiger partial charge >= 0.3 is 0 Å². The smallest absolute Gasteiger partial charge is 0.256 e. The fourth-order valence-electron chi connectivity index (χ4n) is 3.48. The number of amides is 1. The highest BCUT2D eigenvalue weighted by atomic mass is 35.5. The Morgan fingerprint density at radius 3 is 2.40 bits per heavy atom.